The molecule has 0 aliphatic carbocycles. The summed E-state index contributed by atoms with van der Waals surface area (Å²) >= 11 is 18.3. The van der Waals surface area contributed by atoms with Crippen molar-refractivity contribution in [2.24, 2.45) is 0 Å². The molecule has 0 radical (unpaired) electrons. The van der Waals surface area contributed by atoms with Crippen LogP contribution in [-0.2, 0) is 18.9 Å². The summed E-state index contributed by atoms with van der Waals surface area (Å²) in [6.45, 7) is 1.78. The van der Waals surface area contributed by atoms with Crippen molar-refractivity contribution in [2.45, 2.75) is 46.8 Å². The van der Waals surface area contributed by atoms with E-state index in [9.17, 15) is 9.90 Å². The van der Waals surface area contributed by atoms with Crippen LogP contribution in [0.3, 0.4) is 0 Å². The number of halogens is 3. The van der Waals surface area contributed by atoms with Crippen LogP contribution in [0.1, 0.15) is 18.8 Å². The molecule has 1 amide bonds. The third-order valence-corrected chi connectivity index (χ3v) is 5.81. The van der Waals surface area contributed by atoms with Crippen LogP contribution in [-0.4, -0.2) is 63.7 Å². The van der Waals surface area contributed by atoms with E-state index in [1.807, 2.05) is 37.3 Å². The Morgan fingerprint density at radius 2 is 2.03 bits per heavy atom. The number of benzene rings is 1. The molecular formula is C18H22Cl3NO6S. The number of alkyl halides is 3. The highest BCUT2D eigenvalue weighted by molar-refractivity contribution is 7.99. The molecule has 162 valence electrons. The van der Waals surface area contributed by atoms with Crippen LogP contribution >= 0.6 is 46.6 Å². The quantitative estimate of drug-likeness (QED) is 0.617. The van der Waals surface area contributed by atoms with Gasteiger partial charge in [0.05, 0.1) is 12.6 Å². The van der Waals surface area contributed by atoms with E-state index in [2.05, 4.69) is 5.32 Å². The number of carbonyl (C=O) groups excluding carboxylic acids is 1. The van der Waals surface area contributed by atoms with E-state index < -0.39 is 52.6 Å². The monoisotopic (exact) mass is 485 g/mol. The van der Waals surface area contributed by atoms with Gasteiger partial charge in [0.15, 0.2) is 6.29 Å². The number of aliphatic hydroxyl groups is 1. The fourth-order valence-corrected chi connectivity index (χ4v) is 4.31. The van der Waals surface area contributed by atoms with Crippen molar-refractivity contribution in [3.8, 4) is 0 Å². The first kappa shape index (κ1) is 23.2. The summed E-state index contributed by atoms with van der Waals surface area (Å²) in [6, 6.07) is 8.62. The van der Waals surface area contributed by atoms with Gasteiger partial charge in [-0.15, -0.1) is 11.8 Å². The van der Waals surface area contributed by atoms with Crippen molar-refractivity contribution in [3.05, 3.63) is 35.9 Å². The van der Waals surface area contributed by atoms with E-state index >= 15 is 0 Å². The zero-order chi connectivity index (χ0) is 21.0. The molecule has 3 rings (SSSR count). The van der Waals surface area contributed by atoms with E-state index in [0.29, 0.717) is 5.75 Å². The maximum Gasteiger partial charge on any atom is 0.407 e. The van der Waals surface area contributed by atoms with Gasteiger partial charge in [-0.1, -0.05) is 72.1 Å². The number of amides is 1. The zero-order valence-corrected chi connectivity index (χ0v) is 18.6. The van der Waals surface area contributed by atoms with Gasteiger partial charge in [0, 0.05) is 5.56 Å². The van der Waals surface area contributed by atoms with Gasteiger partial charge in [0.1, 0.15) is 30.4 Å². The number of aliphatic hydroxyl groups excluding tert-OH is 1. The summed E-state index contributed by atoms with van der Waals surface area (Å²) in [5.74, 6) is 0.713. The molecule has 6 atom stereocenters. The van der Waals surface area contributed by atoms with Gasteiger partial charge in [-0.2, -0.15) is 0 Å². The largest absolute Gasteiger partial charge is 0.445 e. The highest BCUT2D eigenvalue weighted by Gasteiger charge is 2.50. The molecule has 29 heavy (non-hydrogen) atoms. The summed E-state index contributed by atoms with van der Waals surface area (Å²) in [5.41, 5.74) is 0.312. The minimum Gasteiger partial charge on any atom is -0.445 e. The number of hydrogen-bond donors (Lipinski definition) is 2. The Balaban J connectivity index is 1.69. The van der Waals surface area contributed by atoms with Gasteiger partial charge in [-0.05, 0) is 5.75 Å². The highest BCUT2D eigenvalue weighted by Crippen LogP contribution is 2.36. The van der Waals surface area contributed by atoms with Crippen LogP contribution in [0.4, 0.5) is 4.79 Å². The van der Waals surface area contributed by atoms with E-state index in [1.54, 1.807) is 0 Å². The molecule has 2 N–H and O–H groups in total. The van der Waals surface area contributed by atoms with Gasteiger partial charge in [0.25, 0.3) is 0 Å². The standard InChI is InChI=1S/C18H22Cl3NO6S/c1-2-29-16-12(22-17(24)26-9-18(19,20)21)13(23)14-11(27-16)8-25-15(28-14)10-6-4-3-5-7-10/h3-7,11-16,23H,2,8-9H2,1H3,(H,22,24)/t11-,12-,13-,14-,15-,16+/m1/s1. The number of carbonyl (C=O) groups is 1. The van der Waals surface area contributed by atoms with Crippen LogP contribution in [0.2, 0.25) is 0 Å². The van der Waals surface area contributed by atoms with Crippen LogP contribution in [0.25, 0.3) is 0 Å². The average Bonchev–Trinajstić information content (AvgIpc) is 2.69. The van der Waals surface area contributed by atoms with E-state index in [-0.39, 0.29) is 6.61 Å². The second-order valence-corrected chi connectivity index (χ2v) is 10.4. The van der Waals surface area contributed by atoms with Crippen molar-refractivity contribution in [1.82, 2.24) is 5.32 Å². The average molecular weight is 487 g/mol. The van der Waals surface area contributed by atoms with E-state index in [1.165, 1.54) is 11.8 Å². The second kappa shape index (κ2) is 10.2. The number of fused-ring (bicyclic) bond motifs is 1. The molecule has 2 saturated heterocycles. The molecule has 1 aromatic carbocycles. The number of nitrogens with one attached hydrogen (secondary N) is 1. The van der Waals surface area contributed by atoms with Gasteiger partial charge in [-0.25, -0.2) is 4.79 Å². The molecule has 0 saturated carbocycles. The summed E-state index contributed by atoms with van der Waals surface area (Å²) in [4.78, 5) is 12.1. The van der Waals surface area contributed by atoms with Crippen molar-refractivity contribution >= 4 is 52.7 Å². The normalized spacial score (nSPS) is 32.3. The molecule has 2 heterocycles. The van der Waals surface area contributed by atoms with Crippen molar-refractivity contribution in [3.63, 3.8) is 0 Å². The van der Waals surface area contributed by atoms with Gasteiger partial charge < -0.3 is 29.4 Å². The number of thioether (sulfide) groups is 1. The van der Waals surface area contributed by atoms with Gasteiger partial charge in [0.2, 0.25) is 3.79 Å². The lowest BCUT2D eigenvalue weighted by molar-refractivity contribution is -0.306. The van der Waals surface area contributed by atoms with E-state index in [0.717, 1.165) is 5.56 Å². The fraction of sp³-hybridized carbons (Fsp3) is 0.611. The SMILES string of the molecule is CCS[C@@H]1O[C@@H]2CO[C@@H](c3ccccc3)O[C@H]2[C@H](O)[C@H]1NC(=O)OCC(Cl)(Cl)Cl. The molecule has 0 spiro atoms. The topological polar surface area (TPSA) is 86.3 Å². The Morgan fingerprint density at radius 1 is 1.31 bits per heavy atom. The number of alkyl carbamates (subject to hydrolysis) is 1. The molecule has 0 unspecified atom stereocenters. The predicted octanol–water partition coefficient (Wildman–Crippen LogP) is 3.40. The maximum absolute atomic E-state index is 12.1. The lowest BCUT2D eigenvalue weighted by Crippen LogP contribution is -2.65. The molecule has 7 nitrogen and oxygen atoms in total. The number of hydrogen-bond acceptors (Lipinski definition) is 7. The highest BCUT2D eigenvalue weighted by atomic mass is 35.6. The first-order valence-electron chi connectivity index (χ1n) is 9.05. The number of ether oxygens (including phenoxy) is 4. The Kier molecular flexibility index (Phi) is 8.20. The third-order valence-electron chi connectivity index (χ3n) is 4.42. The van der Waals surface area contributed by atoms with Crippen LogP contribution in [0, 0.1) is 0 Å². The van der Waals surface area contributed by atoms with Crippen molar-refractivity contribution < 1.29 is 28.8 Å². The maximum atomic E-state index is 12.1. The minimum atomic E-state index is -1.73. The van der Waals surface area contributed by atoms with Crippen LogP contribution < -0.4 is 5.32 Å². The first-order valence-corrected chi connectivity index (χ1v) is 11.2. The van der Waals surface area contributed by atoms with Gasteiger partial charge in [-0.3, -0.25) is 0 Å². The Labute approximate surface area is 188 Å². The summed E-state index contributed by atoms with van der Waals surface area (Å²) in [5, 5.41) is 13.6. The lowest BCUT2D eigenvalue weighted by Gasteiger charge is -2.47. The van der Waals surface area contributed by atoms with E-state index in [4.69, 9.17) is 53.8 Å². The van der Waals surface area contributed by atoms with Crippen LogP contribution in [0.5, 0.6) is 0 Å². The Bertz CT molecular complexity index is 679. The smallest absolute Gasteiger partial charge is 0.407 e. The second-order valence-electron chi connectivity index (χ2n) is 6.53. The number of rotatable bonds is 5. The fourth-order valence-electron chi connectivity index (χ4n) is 3.16. The molecule has 2 aliphatic heterocycles. The molecule has 0 aromatic heterocycles. The predicted molar refractivity (Wildman–Crippen MR) is 111 cm³/mol. The van der Waals surface area contributed by atoms with Gasteiger partial charge >= 0.3 is 6.09 Å². The minimum absolute atomic E-state index is 0.256. The van der Waals surface area contributed by atoms with Crippen molar-refractivity contribution in [1.29, 1.82) is 0 Å². The Hall–Kier alpha value is -0.450. The molecule has 2 aliphatic rings. The zero-order valence-electron chi connectivity index (χ0n) is 15.5. The summed E-state index contributed by atoms with van der Waals surface area (Å²) in [7, 11) is 0. The summed E-state index contributed by atoms with van der Waals surface area (Å²) < 4.78 is 21.0. The molecule has 0 bridgehead atoms. The molecular weight excluding hydrogens is 465 g/mol. The lowest BCUT2D eigenvalue weighted by atomic mass is 9.97. The third kappa shape index (κ3) is 6.27. The molecule has 11 heteroatoms. The van der Waals surface area contributed by atoms with Crippen LogP contribution in [0.15, 0.2) is 30.3 Å². The Morgan fingerprint density at radius 3 is 2.69 bits per heavy atom. The molecule has 2 fully saturated rings. The molecule has 1 aromatic rings. The first-order chi connectivity index (χ1) is 13.8. The van der Waals surface area contributed by atoms with Crippen molar-refractivity contribution in [2.75, 3.05) is 19.0 Å². The summed E-state index contributed by atoms with van der Waals surface area (Å²) in [6.07, 6.45) is -3.67.